The molecule has 0 saturated carbocycles. The maximum absolute atomic E-state index is 12.5. The maximum atomic E-state index is 12.5. The normalized spacial score (nSPS) is 13.2. The molecule has 1 atom stereocenters. The average Bonchev–Trinajstić information content (AvgIpc) is 2.25. The number of nitrogens with two attached hydrogens (primary N) is 1. The van der Waals surface area contributed by atoms with Gasteiger partial charge in [-0.25, -0.2) is 4.98 Å². The molecule has 1 rings (SSSR count). The van der Waals surface area contributed by atoms with Gasteiger partial charge in [0.05, 0.1) is 15.6 Å². The molecule has 0 aliphatic heterocycles. The third kappa shape index (κ3) is 4.21. The van der Waals surface area contributed by atoms with Gasteiger partial charge in [0.2, 0.25) is 0 Å². The van der Waals surface area contributed by atoms with Gasteiger partial charge in [0, 0.05) is 25.7 Å². The Hall–Kier alpha value is -1.08. The second-order valence-corrected chi connectivity index (χ2v) is 5.09. The fourth-order valence-corrected chi connectivity index (χ4v) is 2.02. The number of halogens is 4. The van der Waals surface area contributed by atoms with Gasteiger partial charge in [0.15, 0.2) is 0 Å². The largest absolute Gasteiger partial charge is 0.417 e. The van der Waals surface area contributed by atoms with Crippen molar-refractivity contribution in [2.75, 3.05) is 11.9 Å². The van der Waals surface area contributed by atoms with E-state index < -0.39 is 11.7 Å². The first-order valence-electron chi connectivity index (χ1n) is 5.36. The first-order valence-corrected chi connectivity index (χ1v) is 6.15. The molecule has 106 valence electrons. The molecule has 0 aromatic carbocycles. The highest BCUT2D eigenvalue weighted by Gasteiger charge is 2.32. The van der Waals surface area contributed by atoms with Gasteiger partial charge in [0.25, 0.3) is 0 Å². The first kappa shape index (κ1) is 16.0. The number of pyridine rings is 1. The molecule has 3 nitrogen and oxygen atoms in total. The lowest BCUT2D eigenvalue weighted by Crippen LogP contribution is -2.33. The lowest BCUT2D eigenvalue weighted by Gasteiger charge is -2.26. The van der Waals surface area contributed by atoms with E-state index in [0.29, 0.717) is 11.4 Å². The van der Waals surface area contributed by atoms with Gasteiger partial charge in [-0.1, -0.05) is 23.8 Å². The smallest absolute Gasteiger partial charge is 0.393 e. The van der Waals surface area contributed by atoms with Gasteiger partial charge < -0.3 is 10.6 Å². The minimum atomic E-state index is -4.46. The fourth-order valence-electron chi connectivity index (χ4n) is 1.48. The van der Waals surface area contributed by atoms with E-state index in [-0.39, 0.29) is 16.9 Å². The van der Waals surface area contributed by atoms with Crippen molar-refractivity contribution in [3.05, 3.63) is 22.8 Å². The summed E-state index contributed by atoms with van der Waals surface area (Å²) in [5.41, 5.74) is 4.55. The van der Waals surface area contributed by atoms with Crippen molar-refractivity contribution >= 4 is 34.6 Å². The van der Waals surface area contributed by atoms with Crippen LogP contribution in [0.3, 0.4) is 0 Å². The Kier molecular flexibility index (Phi) is 4.98. The van der Waals surface area contributed by atoms with Crippen LogP contribution in [-0.4, -0.2) is 23.1 Å². The SMILES string of the molecule is CC(CC(N)=S)N(C)c1ncc(C(F)(F)F)cc1Cl. The van der Waals surface area contributed by atoms with E-state index in [0.717, 1.165) is 12.3 Å². The Balaban J connectivity index is 2.99. The molecule has 0 amide bonds. The summed E-state index contributed by atoms with van der Waals surface area (Å²) in [5, 5.41) is -0.0629. The van der Waals surface area contributed by atoms with Crippen LogP contribution in [0.1, 0.15) is 18.9 Å². The molecule has 0 radical (unpaired) electrons. The number of anilines is 1. The summed E-state index contributed by atoms with van der Waals surface area (Å²) in [6.45, 7) is 1.83. The summed E-state index contributed by atoms with van der Waals surface area (Å²) in [6.07, 6.45) is -3.28. The van der Waals surface area contributed by atoms with Crippen molar-refractivity contribution in [2.24, 2.45) is 5.73 Å². The zero-order valence-corrected chi connectivity index (χ0v) is 11.9. The topological polar surface area (TPSA) is 42.1 Å². The monoisotopic (exact) mass is 311 g/mol. The van der Waals surface area contributed by atoms with Crippen molar-refractivity contribution in [1.82, 2.24) is 4.98 Å². The molecule has 19 heavy (non-hydrogen) atoms. The molecule has 1 aromatic heterocycles. The summed E-state index contributed by atoms with van der Waals surface area (Å²) in [5.74, 6) is 0.262. The number of thiocarbonyl (C=S) groups is 1. The third-order valence-corrected chi connectivity index (χ3v) is 3.09. The fraction of sp³-hybridized carbons (Fsp3) is 0.455. The molecule has 0 fully saturated rings. The number of rotatable bonds is 4. The number of nitrogens with zero attached hydrogens (tertiary/aromatic N) is 2. The number of aromatic nitrogens is 1. The molecule has 8 heteroatoms. The predicted molar refractivity (Wildman–Crippen MR) is 73.5 cm³/mol. The van der Waals surface area contributed by atoms with Crippen molar-refractivity contribution in [3.8, 4) is 0 Å². The minimum absolute atomic E-state index is 0.0629. The highest BCUT2D eigenvalue weighted by molar-refractivity contribution is 7.80. The average molecular weight is 312 g/mol. The molecular formula is C11H13ClF3N3S. The van der Waals surface area contributed by atoms with E-state index in [4.69, 9.17) is 29.6 Å². The van der Waals surface area contributed by atoms with Crippen molar-refractivity contribution < 1.29 is 13.2 Å². The second kappa shape index (κ2) is 5.92. The molecule has 0 spiro atoms. The van der Waals surface area contributed by atoms with E-state index in [1.807, 2.05) is 6.92 Å². The highest BCUT2D eigenvalue weighted by atomic mass is 35.5. The summed E-state index contributed by atoms with van der Waals surface area (Å²) in [6, 6.07) is 0.743. The Morgan fingerprint density at radius 1 is 1.58 bits per heavy atom. The van der Waals surface area contributed by atoms with Crippen LogP contribution >= 0.6 is 23.8 Å². The van der Waals surface area contributed by atoms with E-state index >= 15 is 0 Å². The van der Waals surface area contributed by atoms with Crippen LogP contribution in [0.2, 0.25) is 5.02 Å². The second-order valence-electron chi connectivity index (χ2n) is 4.16. The van der Waals surface area contributed by atoms with Crippen LogP contribution in [0.5, 0.6) is 0 Å². The van der Waals surface area contributed by atoms with Gasteiger partial charge in [-0.3, -0.25) is 0 Å². The number of hydrogen-bond donors (Lipinski definition) is 1. The first-order chi connectivity index (χ1) is 8.62. The standard InChI is InChI=1S/C11H13ClF3N3S/c1-6(3-9(16)19)18(2)10-8(12)4-7(5-17-10)11(13,14)15/h4-6H,3H2,1-2H3,(H2,16,19). The van der Waals surface area contributed by atoms with Gasteiger partial charge in [0.1, 0.15) is 5.82 Å². The molecule has 0 saturated heterocycles. The van der Waals surface area contributed by atoms with Gasteiger partial charge in [-0.2, -0.15) is 13.2 Å². The molecule has 0 aliphatic carbocycles. The Morgan fingerprint density at radius 2 is 2.16 bits per heavy atom. The van der Waals surface area contributed by atoms with Crippen LogP contribution < -0.4 is 10.6 Å². The van der Waals surface area contributed by atoms with Crippen LogP contribution in [0.25, 0.3) is 0 Å². The molecular weight excluding hydrogens is 299 g/mol. The quantitative estimate of drug-likeness (QED) is 0.867. The summed E-state index contributed by atoms with van der Waals surface area (Å²) in [4.78, 5) is 5.73. The Labute approximate surface area is 119 Å². The van der Waals surface area contributed by atoms with Crippen LogP contribution in [-0.2, 0) is 6.18 Å². The lowest BCUT2D eigenvalue weighted by atomic mass is 10.2. The van der Waals surface area contributed by atoms with Crippen molar-refractivity contribution in [1.29, 1.82) is 0 Å². The maximum Gasteiger partial charge on any atom is 0.417 e. The summed E-state index contributed by atoms with van der Waals surface area (Å²) in [7, 11) is 1.67. The van der Waals surface area contributed by atoms with Crippen LogP contribution in [0, 0.1) is 0 Å². The van der Waals surface area contributed by atoms with E-state index in [1.54, 1.807) is 11.9 Å². The minimum Gasteiger partial charge on any atom is -0.393 e. The molecule has 0 bridgehead atoms. The van der Waals surface area contributed by atoms with Gasteiger partial charge in [-0.05, 0) is 13.0 Å². The van der Waals surface area contributed by atoms with E-state index in [1.165, 1.54) is 0 Å². The zero-order chi connectivity index (χ0) is 14.8. The van der Waals surface area contributed by atoms with Gasteiger partial charge >= 0.3 is 6.18 Å². The highest BCUT2D eigenvalue weighted by Crippen LogP contribution is 2.33. The summed E-state index contributed by atoms with van der Waals surface area (Å²) >= 11 is 10.6. The molecule has 1 aromatic rings. The lowest BCUT2D eigenvalue weighted by molar-refractivity contribution is -0.137. The van der Waals surface area contributed by atoms with E-state index in [9.17, 15) is 13.2 Å². The molecule has 1 unspecified atom stereocenters. The number of hydrogen-bond acceptors (Lipinski definition) is 3. The van der Waals surface area contributed by atoms with Crippen molar-refractivity contribution in [3.63, 3.8) is 0 Å². The van der Waals surface area contributed by atoms with Crippen LogP contribution in [0.4, 0.5) is 19.0 Å². The Bertz CT molecular complexity index is 479. The Morgan fingerprint density at radius 3 is 2.58 bits per heavy atom. The molecule has 2 N–H and O–H groups in total. The van der Waals surface area contributed by atoms with E-state index in [2.05, 4.69) is 4.98 Å². The molecule has 1 heterocycles. The molecule has 0 aliphatic rings. The number of alkyl halides is 3. The predicted octanol–water partition coefficient (Wildman–Crippen LogP) is 3.25. The van der Waals surface area contributed by atoms with Crippen LogP contribution in [0.15, 0.2) is 12.3 Å². The van der Waals surface area contributed by atoms with Crippen molar-refractivity contribution in [2.45, 2.75) is 25.6 Å². The van der Waals surface area contributed by atoms with Gasteiger partial charge in [-0.15, -0.1) is 0 Å². The summed E-state index contributed by atoms with van der Waals surface area (Å²) < 4.78 is 37.5. The zero-order valence-electron chi connectivity index (χ0n) is 10.3. The third-order valence-electron chi connectivity index (χ3n) is 2.64.